The maximum absolute atomic E-state index is 12.7. The monoisotopic (exact) mass is 296 g/mol. The Morgan fingerprint density at radius 3 is 2.25 bits per heavy atom. The van der Waals surface area contributed by atoms with Gasteiger partial charge in [0.15, 0.2) is 0 Å². The Morgan fingerprint density at radius 2 is 1.80 bits per heavy atom. The number of hydrogen-bond acceptors (Lipinski definition) is 3. The first-order valence-corrected chi connectivity index (χ1v) is 7.35. The number of nitrogens with one attached hydrogen (secondary N) is 1. The second kappa shape index (κ2) is 8.20. The molecule has 120 valence electrons. The number of nitrogens with zero attached hydrogens (tertiary/aromatic N) is 1. The van der Waals surface area contributed by atoms with Gasteiger partial charge in [-0.25, -0.2) is 0 Å². The quantitative estimate of drug-likeness (QED) is 0.781. The molecule has 0 aliphatic carbocycles. The van der Waals surface area contributed by atoms with Crippen molar-refractivity contribution in [2.75, 3.05) is 39.9 Å². The van der Waals surface area contributed by atoms with E-state index in [1.807, 2.05) is 0 Å². The maximum Gasteiger partial charge on any atom is 0.391 e. The lowest BCUT2D eigenvalue weighted by Gasteiger charge is -2.38. The molecule has 20 heavy (non-hydrogen) atoms. The zero-order valence-corrected chi connectivity index (χ0v) is 12.7. The predicted molar refractivity (Wildman–Crippen MR) is 73.7 cm³/mol. The largest absolute Gasteiger partial charge is 0.391 e. The van der Waals surface area contributed by atoms with E-state index in [4.69, 9.17) is 4.74 Å². The summed E-state index contributed by atoms with van der Waals surface area (Å²) in [5.74, 6) is -0.570. The number of rotatable bonds is 7. The van der Waals surface area contributed by atoms with Crippen molar-refractivity contribution in [3.05, 3.63) is 0 Å². The van der Waals surface area contributed by atoms with Crippen molar-refractivity contribution >= 4 is 0 Å². The predicted octanol–water partition coefficient (Wildman–Crippen LogP) is 2.52. The molecule has 1 saturated heterocycles. The van der Waals surface area contributed by atoms with Gasteiger partial charge in [-0.2, -0.15) is 13.2 Å². The van der Waals surface area contributed by atoms with Crippen LogP contribution < -0.4 is 5.32 Å². The highest BCUT2D eigenvalue weighted by Gasteiger charge is 2.41. The summed E-state index contributed by atoms with van der Waals surface area (Å²) < 4.78 is 43.2. The Balaban J connectivity index is 2.41. The molecule has 1 N–H and O–H groups in total. The summed E-state index contributed by atoms with van der Waals surface area (Å²) in [5, 5.41) is 3.36. The molecule has 3 nitrogen and oxygen atoms in total. The van der Waals surface area contributed by atoms with Gasteiger partial charge < -0.3 is 10.1 Å². The van der Waals surface area contributed by atoms with Crippen LogP contribution in [0.3, 0.4) is 0 Å². The third-order valence-corrected chi connectivity index (χ3v) is 3.80. The SMILES string of the molecule is COCC(CNCC(C)C)N1CCC(C(F)(F)F)CC1. The van der Waals surface area contributed by atoms with Crippen molar-refractivity contribution in [1.29, 1.82) is 0 Å². The highest BCUT2D eigenvalue weighted by molar-refractivity contribution is 4.82. The zero-order chi connectivity index (χ0) is 15.2. The first-order chi connectivity index (χ1) is 9.34. The van der Waals surface area contributed by atoms with E-state index in [2.05, 4.69) is 24.1 Å². The van der Waals surface area contributed by atoms with Gasteiger partial charge in [0.05, 0.1) is 12.5 Å². The van der Waals surface area contributed by atoms with Gasteiger partial charge in [0.25, 0.3) is 0 Å². The lowest BCUT2D eigenvalue weighted by atomic mass is 9.95. The van der Waals surface area contributed by atoms with E-state index < -0.39 is 12.1 Å². The fourth-order valence-corrected chi connectivity index (χ4v) is 2.62. The highest BCUT2D eigenvalue weighted by atomic mass is 19.4. The van der Waals surface area contributed by atoms with Gasteiger partial charge in [0.1, 0.15) is 0 Å². The molecule has 1 heterocycles. The van der Waals surface area contributed by atoms with Gasteiger partial charge in [0, 0.05) is 19.7 Å². The van der Waals surface area contributed by atoms with Crippen LogP contribution >= 0.6 is 0 Å². The van der Waals surface area contributed by atoms with E-state index in [9.17, 15) is 13.2 Å². The van der Waals surface area contributed by atoms with Gasteiger partial charge in [0.2, 0.25) is 0 Å². The smallest absolute Gasteiger partial charge is 0.383 e. The summed E-state index contributed by atoms with van der Waals surface area (Å²) in [6, 6.07) is 0.160. The minimum absolute atomic E-state index is 0.160. The lowest BCUT2D eigenvalue weighted by Crippen LogP contribution is -2.50. The third-order valence-electron chi connectivity index (χ3n) is 3.80. The number of ether oxygens (including phenoxy) is 1. The minimum atomic E-state index is -4.04. The number of halogens is 3. The summed E-state index contributed by atoms with van der Waals surface area (Å²) in [6.07, 6.45) is -3.64. The molecule has 1 aliphatic heterocycles. The molecule has 1 unspecified atom stereocenters. The molecule has 0 spiro atoms. The molecular formula is C14H27F3N2O. The summed E-state index contributed by atoms with van der Waals surface area (Å²) >= 11 is 0. The molecule has 0 amide bonds. The van der Waals surface area contributed by atoms with Crippen LogP contribution in [-0.2, 0) is 4.74 Å². The van der Waals surface area contributed by atoms with E-state index >= 15 is 0 Å². The Hall–Kier alpha value is -0.330. The molecule has 0 aromatic carbocycles. The van der Waals surface area contributed by atoms with E-state index in [1.165, 1.54) is 0 Å². The van der Waals surface area contributed by atoms with Crippen molar-refractivity contribution in [3.8, 4) is 0 Å². The molecule has 6 heteroatoms. The molecule has 0 saturated carbocycles. The molecule has 0 bridgehead atoms. The Kier molecular flexibility index (Phi) is 7.26. The highest BCUT2D eigenvalue weighted by Crippen LogP contribution is 2.34. The summed E-state index contributed by atoms with van der Waals surface area (Å²) in [7, 11) is 1.64. The number of piperidine rings is 1. The summed E-state index contributed by atoms with van der Waals surface area (Å²) in [4.78, 5) is 2.12. The fraction of sp³-hybridized carbons (Fsp3) is 1.00. The van der Waals surface area contributed by atoms with Gasteiger partial charge >= 0.3 is 6.18 Å². The molecule has 0 radical (unpaired) electrons. The van der Waals surface area contributed by atoms with Crippen LogP contribution in [0.25, 0.3) is 0 Å². The zero-order valence-electron chi connectivity index (χ0n) is 12.7. The van der Waals surface area contributed by atoms with Crippen LogP contribution in [0.4, 0.5) is 13.2 Å². The van der Waals surface area contributed by atoms with E-state index in [0.29, 0.717) is 25.6 Å². The Morgan fingerprint density at radius 1 is 1.20 bits per heavy atom. The average Bonchev–Trinajstić information content (AvgIpc) is 2.36. The summed E-state index contributed by atoms with van der Waals surface area (Å²) in [5.41, 5.74) is 0. The maximum atomic E-state index is 12.7. The van der Waals surface area contributed by atoms with Crippen molar-refractivity contribution in [1.82, 2.24) is 10.2 Å². The Labute approximate surface area is 119 Å². The van der Waals surface area contributed by atoms with Crippen LogP contribution in [0.2, 0.25) is 0 Å². The first-order valence-electron chi connectivity index (χ1n) is 7.35. The van der Waals surface area contributed by atoms with Gasteiger partial charge in [-0.3, -0.25) is 4.90 Å². The van der Waals surface area contributed by atoms with Crippen LogP contribution in [0.5, 0.6) is 0 Å². The van der Waals surface area contributed by atoms with Crippen LogP contribution in [-0.4, -0.2) is 57.0 Å². The number of hydrogen-bond donors (Lipinski definition) is 1. The fourth-order valence-electron chi connectivity index (χ4n) is 2.62. The van der Waals surface area contributed by atoms with Crippen LogP contribution in [0, 0.1) is 11.8 Å². The number of alkyl halides is 3. The number of methoxy groups -OCH3 is 1. The summed E-state index contributed by atoms with van der Waals surface area (Å²) in [6.45, 7) is 7.51. The lowest BCUT2D eigenvalue weighted by molar-refractivity contribution is -0.186. The van der Waals surface area contributed by atoms with Crippen LogP contribution in [0.1, 0.15) is 26.7 Å². The van der Waals surface area contributed by atoms with Crippen LogP contribution in [0.15, 0.2) is 0 Å². The van der Waals surface area contributed by atoms with E-state index in [1.54, 1.807) is 7.11 Å². The second-order valence-electron chi connectivity index (χ2n) is 6.01. The molecule has 1 aliphatic rings. The van der Waals surface area contributed by atoms with Crippen molar-refractivity contribution in [2.24, 2.45) is 11.8 Å². The first kappa shape index (κ1) is 17.7. The topological polar surface area (TPSA) is 24.5 Å². The van der Waals surface area contributed by atoms with Crippen molar-refractivity contribution in [2.45, 2.75) is 38.9 Å². The normalized spacial score (nSPS) is 20.6. The van der Waals surface area contributed by atoms with Gasteiger partial charge in [-0.15, -0.1) is 0 Å². The molecule has 1 fully saturated rings. The molecule has 0 aromatic rings. The average molecular weight is 296 g/mol. The van der Waals surface area contributed by atoms with E-state index in [0.717, 1.165) is 13.1 Å². The Bertz CT molecular complexity index is 264. The van der Waals surface area contributed by atoms with Crippen molar-refractivity contribution in [3.63, 3.8) is 0 Å². The second-order valence-corrected chi connectivity index (χ2v) is 6.01. The molecular weight excluding hydrogens is 269 g/mol. The molecule has 1 rings (SSSR count). The van der Waals surface area contributed by atoms with Crippen molar-refractivity contribution < 1.29 is 17.9 Å². The molecule has 1 atom stereocenters. The minimum Gasteiger partial charge on any atom is -0.383 e. The molecule has 0 aromatic heterocycles. The van der Waals surface area contributed by atoms with Gasteiger partial charge in [-0.1, -0.05) is 13.8 Å². The standard InChI is InChI=1S/C14H27F3N2O/c1-11(2)8-18-9-13(10-20-3)19-6-4-12(5-7-19)14(15,16)17/h11-13,18H,4-10H2,1-3H3. The van der Waals surface area contributed by atoms with Gasteiger partial charge in [-0.05, 0) is 38.4 Å². The third kappa shape index (κ3) is 5.97. The number of likely N-dealkylation sites (tertiary alicyclic amines) is 1. The van der Waals surface area contributed by atoms with E-state index in [-0.39, 0.29) is 18.9 Å².